The number of furan rings is 1. The Morgan fingerprint density at radius 3 is 2.95 bits per heavy atom. The summed E-state index contributed by atoms with van der Waals surface area (Å²) in [5.74, 6) is 1.38. The van der Waals surface area contributed by atoms with E-state index in [0.29, 0.717) is 29.4 Å². The highest BCUT2D eigenvalue weighted by molar-refractivity contribution is 7.13. The lowest BCUT2D eigenvalue weighted by Crippen LogP contribution is -2.34. The van der Waals surface area contributed by atoms with Crippen molar-refractivity contribution in [1.82, 2.24) is 9.88 Å². The van der Waals surface area contributed by atoms with Crippen molar-refractivity contribution in [1.29, 1.82) is 0 Å². The van der Waals surface area contributed by atoms with Gasteiger partial charge in [-0.3, -0.25) is 4.79 Å². The van der Waals surface area contributed by atoms with Crippen molar-refractivity contribution in [3.05, 3.63) is 29.0 Å². The third-order valence-corrected chi connectivity index (χ3v) is 4.34. The number of nitrogens with zero attached hydrogens (tertiary/aromatic N) is 2. The third kappa shape index (κ3) is 2.36. The molecule has 0 aliphatic carbocycles. The molecule has 20 heavy (non-hydrogen) atoms. The van der Waals surface area contributed by atoms with Gasteiger partial charge in [0.15, 0.2) is 10.8 Å². The van der Waals surface area contributed by atoms with Crippen LogP contribution in [0.1, 0.15) is 29.6 Å². The van der Waals surface area contributed by atoms with Crippen LogP contribution in [0.5, 0.6) is 0 Å². The molecule has 0 aromatic carbocycles. The van der Waals surface area contributed by atoms with Gasteiger partial charge < -0.3 is 14.4 Å². The zero-order chi connectivity index (χ0) is 14.3. The standard InChI is InChI=1S/C14H16N2O3S/c1-8-5-10(17)6-16(8)14(18)11-7-20-13(15-11)12-4-3-9(2)19-12/h3-4,7-8,10,17H,5-6H2,1-2H3/t8-,10-/m0/s1. The average Bonchev–Trinajstić information content (AvgIpc) is 3.08. The van der Waals surface area contributed by atoms with Gasteiger partial charge in [-0.1, -0.05) is 0 Å². The van der Waals surface area contributed by atoms with Crippen LogP contribution in [-0.2, 0) is 0 Å². The Kier molecular flexibility index (Phi) is 3.35. The number of hydrogen-bond donors (Lipinski definition) is 1. The van der Waals surface area contributed by atoms with E-state index in [4.69, 9.17) is 4.42 Å². The van der Waals surface area contributed by atoms with Crippen LogP contribution in [0, 0.1) is 6.92 Å². The van der Waals surface area contributed by atoms with Crippen molar-refractivity contribution >= 4 is 17.2 Å². The highest BCUT2D eigenvalue weighted by Gasteiger charge is 2.32. The lowest BCUT2D eigenvalue weighted by molar-refractivity contribution is 0.0721. The van der Waals surface area contributed by atoms with Gasteiger partial charge in [0.25, 0.3) is 5.91 Å². The normalized spacial score (nSPS) is 22.4. The number of β-amino-alcohol motifs (C(OH)–C–C–N with tert-alkyl or cyclic N) is 1. The second-order valence-corrected chi connectivity index (χ2v) is 6.00. The van der Waals surface area contributed by atoms with Gasteiger partial charge in [0.2, 0.25) is 0 Å². The van der Waals surface area contributed by atoms with Crippen molar-refractivity contribution in [3.63, 3.8) is 0 Å². The third-order valence-electron chi connectivity index (χ3n) is 3.49. The van der Waals surface area contributed by atoms with Crippen molar-refractivity contribution in [2.45, 2.75) is 32.4 Å². The summed E-state index contributed by atoms with van der Waals surface area (Å²) in [5, 5.41) is 12.1. The highest BCUT2D eigenvalue weighted by Crippen LogP contribution is 2.27. The molecule has 1 fully saturated rings. The SMILES string of the molecule is Cc1ccc(-c2nc(C(=O)N3C[C@@H](O)C[C@@H]3C)cs2)o1. The number of thiazole rings is 1. The largest absolute Gasteiger partial charge is 0.459 e. The Bertz CT molecular complexity index is 634. The summed E-state index contributed by atoms with van der Waals surface area (Å²) in [6.07, 6.45) is 0.194. The molecule has 2 aromatic rings. The molecule has 1 amide bonds. The Balaban J connectivity index is 1.81. The topological polar surface area (TPSA) is 66.6 Å². The molecule has 1 N–H and O–H groups in total. The van der Waals surface area contributed by atoms with Gasteiger partial charge in [-0.25, -0.2) is 4.98 Å². The van der Waals surface area contributed by atoms with Gasteiger partial charge in [0.1, 0.15) is 11.5 Å². The first-order chi connectivity index (χ1) is 9.54. The number of carbonyl (C=O) groups excluding carboxylic acids is 1. The van der Waals surface area contributed by atoms with Crippen molar-refractivity contribution in [2.75, 3.05) is 6.54 Å². The Hall–Kier alpha value is -1.66. The van der Waals surface area contributed by atoms with Gasteiger partial charge in [-0.05, 0) is 32.4 Å². The molecule has 5 nitrogen and oxygen atoms in total. The molecule has 0 unspecified atom stereocenters. The molecule has 2 atom stereocenters. The molecule has 0 spiro atoms. The van der Waals surface area contributed by atoms with E-state index in [1.165, 1.54) is 11.3 Å². The maximum atomic E-state index is 12.4. The molecule has 0 saturated carbocycles. The van der Waals surface area contributed by atoms with Crippen LogP contribution >= 0.6 is 11.3 Å². The number of aliphatic hydroxyl groups is 1. The first-order valence-corrected chi connectivity index (χ1v) is 7.44. The van der Waals surface area contributed by atoms with Crippen LogP contribution in [0.25, 0.3) is 10.8 Å². The maximum absolute atomic E-state index is 12.4. The Labute approximate surface area is 120 Å². The van der Waals surface area contributed by atoms with E-state index < -0.39 is 6.10 Å². The number of likely N-dealkylation sites (tertiary alicyclic amines) is 1. The fraction of sp³-hybridized carbons (Fsp3) is 0.429. The first kappa shape index (κ1) is 13.3. The molecule has 0 bridgehead atoms. The number of aryl methyl sites for hydroxylation is 1. The van der Waals surface area contributed by atoms with Crippen LogP contribution < -0.4 is 0 Å². The molecule has 1 saturated heterocycles. The number of carbonyl (C=O) groups is 1. The van der Waals surface area contributed by atoms with Gasteiger partial charge in [0, 0.05) is 18.0 Å². The van der Waals surface area contributed by atoms with Gasteiger partial charge in [-0.15, -0.1) is 11.3 Å². The van der Waals surface area contributed by atoms with Crippen molar-refractivity contribution in [2.24, 2.45) is 0 Å². The second-order valence-electron chi connectivity index (χ2n) is 5.14. The Morgan fingerprint density at radius 2 is 2.35 bits per heavy atom. The average molecular weight is 292 g/mol. The van der Waals surface area contributed by atoms with E-state index in [1.54, 1.807) is 10.3 Å². The quantitative estimate of drug-likeness (QED) is 0.922. The summed E-state index contributed by atoms with van der Waals surface area (Å²) >= 11 is 1.39. The number of amides is 1. The fourth-order valence-electron chi connectivity index (χ4n) is 2.47. The van der Waals surface area contributed by atoms with Crippen LogP contribution in [0.15, 0.2) is 21.9 Å². The molecule has 6 heteroatoms. The summed E-state index contributed by atoms with van der Waals surface area (Å²) in [5.41, 5.74) is 0.417. The molecule has 1 aliphatic heterocycles. The van der Waals surface area contributed by atoms with Crippen molar-refractivity contribution in [3.8, 4) is 10.8 Å². The lowest BCUT2D eigenvalue weighted by atomic mass is 10.2. The van der Waals surface area contributed by atoms with E-state index >= 15 is 0 Å². The second kappa shape index (κ2) is 5.03. The minimum Gasteiger partial charge on any atom is -0.459 e. The number of hydrogen-bond acceptors (Lipinski definition) is 5. The van der Waals surface area contributed by atoms with E-state index in [0.717, 1.165) is 5.76 Å². The van der Waals surface area contributed by atoms with Crippen LogP contribution in [0.3, 0.4) is 0 Å². The monoisotopic (exact) mass is 292 g/mol. The summed E-state index contributed by atoms with van der Waals surface area (Å²) in [7, 11) is 0. The van der Waals surface area contributed by atoms with E-state index in [2.05, 4.69) is 4.98 Å². The number of rotatable bonds is 2. The van der Waals surface area contributed by atoms with Gasteiger partial charge in [0.05, 0.1) is 6.10 Å². The maximum Gasteiger partial charge on any atom is 0.273 e. The van der Waals surface area contributed by atoms with E-state index in [-0.39, 0.29) is 11.9 Å². The van der Waals surface area contributed by atoms with Crippen LogP contribution in [-0.4, -0.2) is 39.6 Å². The van der Waals surface area contributed by atoms with Crippen LogP contribution in [0.4, 0.5) is 0 Å². The minimum atomic E-state index is -0.431. The smallest absolute Gasteiger partial charge is 0.273 e. The molecule has 106 valence electrons. The lowest BCUT2D eigenvalue weighted by Gasteiger charge is -2.19. The molecule has 3 heterocycles. The summed E-state index contributed by atoms with van der Waals surface area (Å²) in [6.45, 7) is 4.19. The van der Waals surface area contributed by atoms with Gasteiger partial charge in [-0.2, -0.15) is 0 Å². The minimum absolute atomic E-state index is 0.0495. The molecular weight excluding hydrogens is 276 g/mol. The fourth-order valence-corrected chi connectivity index (χ4v) is 3.22. The summed E-state index contributed by atoms with van der Waals surface area (Å²) in [6, 6.07) is 3.77. The predicted molar refractivity (Wildman–Crippen MR) is 75.7 cm³/mol. The zero-order valence-corrected chi connectivity index (χ0v) is 12.2. The molecular formula is C14H16N2O3S. The summed E-state index contributed by atoms with van der Waals surface area (Å²) < 4.78 is 5.51. The predicted octanol–water partition coefficient (Wildman–Crippen LogP) is 2.31. The Morgan fingerprint density at radius 1 is 1.55 bits per heavy atom. The summed E-state index contributed by atoms with van der Waals surface area (Å²) in [4.78, 5) is 18.4. The zero-order valence-electron chi connectivity index (χ0n) is 11.4. The van der Waals surface area contributed by atoms with Crippen molar-refractivity contribution < 1.29 is 14.3 Å². The molecule has 3 rings (SSSR count). The van der Waals surface area contributed by atoms with Crippen LogP contribution in [0.2, 0.25) is 0 Å². The molecule has 0 radical (unpaired) electrons. The highest BCUT2D eigenvalue weighted by atomic mass is 32.1. The van der Waals surface area contributed by atoms with Gasteiger partial charge >= 0.3 is 0 Å². The first-order valence-electron chi connectivity index (χ1n) is 6.56. The number of aliphatic hydroxyl groups excluding tert-OH is 1. The molecule has 2 aromatic heterocycles. The molecule has 1 aliphatic rings. The van der Waals surface area contributed by atoms with E-state index in [1.807, 2.05) is 26.0 Å². The van der Waals surface area contributed by atoms with E-state index in [9.17, 15) is 9.90 Å². The number of aromatic nitrogens is 1.